The molecule has 0 radical (unpaired) electrons. The number of Topliss-reactive ketones (excluding diaryl/α,β-unsaturated/α-hetero) is 1. The highest BCUT2D eigenvalue weighted by atomic mass is 35.5. The summed E-state index contributed by atoms with van der Waals surface area (Å²) in [7, 11) is 0. The topological polar surface area (TPSA) is 17.1 Å². The van der Waals surface area contributed by atoms with Crippen LogP contribution in [0.3, 0.4) is 0 Å². The molecule has 2 rings (SSSR count). The van der Waals surface area contributed by atoms with Crippen molar-refractivity contribution in [2.45, 2.75) is 19.2 Å². The molecule has 0 aliphatic carbocycles. The second-order valence-electron chi connectivity index (χ2n) is 4.45. The third-order valence-electron chi connectivity index (χ3n) is 2.94. The van der Waals surface area contributed by atoms with E-state index in [1.807, 2.05) is 49.4 Å². The first-order valence-electron chi connectivity index (χ1n) is 5.89. The summed E-state index contributed by atoms with van der Waals surface area (Å²) < 4.78 is 0. The van der Waals surface area contributed by atoms with Crippen LogP contribution in [0.2, 0.25) is 0 Å². The van der Waals surface area contributed by atoms with Crippen LogP contribution in [0.1, 0.15) is 39.3 Å². The third kappa shape index (κ3) is 2.80. The van der Waals surface area contributed by atoms with E-state index in [1.165, 1.54) is 5.56 Å². The predicted molar refractivity (Wildman–Crippen MR) is 75.3 cm³/mol. The molecule has 0 aliphatic heterocycles. The van der Waals surface area contributed by atoms with E-state index in [4.69, 9.17) is 11.6 Å². The number of hydrogen-bond donors (Lipinski definition) is 0. The molecule has 1 atom stereocenters. The Kier molecular flexibility index (Phi) is 3.83. The van der Waals surface area contributed by atoms with E-state index in [-0.39, 0.29) is 11.2 Å². The molecule has 2 heteroatoms. The molecule has 0 saturated carbocycles. The number of carbonyl (C=O) groups is 1. The van der Waals surface area contributed by atoms with E-state index in [0.29, 0.717) is 5.56 Å². The van der Waals surface area contributed by atoms with Crippen molar-refractivity contribution < 1.29 is 4.79 Å². The van der Waals surface area contributed by atoms with Crippen molar-refractivity contribution in [3.63, 3.8) is 0 Å². The largest absolute Gasteiger partial charge is 0.295 e. The van der Waals surface area contributed by atoms with Gasteiger partial charge >= 0.3 is 0 Å². The molecule has 2 aromatic rings. The number of aryl methyl sites for hydroxylation is 1. The van der Waals surface area contributed by atoms with Crippen molar-refractivity contribution >= 4 is 17.4 Å². The van der Waals surface area contributed by atoms with Gasteiger partial charge in [-0.2, -0.15) is 0 Å². The summed E-state index contributed by atoms with van der Waals surface area (Å²) in [6.45, 7) is 3.61. The second-order valence-corrected chi connectivity index (χ2v) is 4.89. The Balaban J connectivity index is 2.28. The minimum atomic E-state index is -0.175. The summed E-state index contributed by atoms with van der Waals surface area (Å²) in [5.41, 5.74) is 3.99. The van der Waals surface area contributed by atoms with Crippen LogP contribution in [0.5, 0.6) is 0 Å². The summed E-state index contributed by atoms with van der Waals surface area (Å²) in [6, 6.07) is 15.6. The van der Waals surface area contributed by atoms with Gasteiger partial charge in [0.25, 0.3) is 0 Å². The maximum absolute atomic E-state index is 11.2. The van der Waals surface area contributed by atoms with Gasteiger partial charge in [-0.25, -0.2) is 0 Å². The fourth-order valence-electron chi connectivity index (χ4n) is 1.91. The molecule has 1 nitrogen and oxygen atoms in total. The summed E-state index contributed by atoms with van der Waals surface area (Å²) in [6.07, 6.45) is 0. The predicted octanol–water partition coefficient (Wildman–Crippen LogP) is 4.53. The molecular formula is C16H15ClO. The van der Waals surface area contributed by atoms with Gasteiger partial charge in [-0.1, -0.05) is 54.1 Å². The Morgan fingerprint density at radius 3 is 2.28 bits per heavy atom. The zero-order chi connectivity index (χ0) is 13.1. The van der Waals surface area contributed by atoms with Gasteiger partial charge in [-0.15, -0.1) is 11.6 Å². The van der Waals surface area contributed by atoms with Crippen molar-refractivity contribution in [3.8, 4) is 0 Å². The molecule has 18 heavy (non-hydrogen) atoms. The lowest BCUT2D eigenvalue weighted by molar-refractivity contribution is 0.101. The SMILES string of the molecule is CC(=O)c1ccc(C(Cl)c2cccc(C)c2)cc1. The van der Waals surface area contributed by atoms with Gasteiger partial charge in [-0.3, -0.25) is 4.79 Å². The minimum Gasteiger partial charge on any atom is -0.295 e. The van der Waals surface area contributed by atoms with Crippen molar-refractivity contribution in [3.05, 3.63) is 70.8 Å². The molecule has 0 aliphatic rings. The molecule has 92 valence electrons. The average molecular weight is 259 g/mol. The van der Waals surface area contributed by atoms with Gasteiger partial charge in [0.1, 0.15) is 0 Å². The smallest absolute Gasteiger partial charge is 0.159 e. The van der Waals surface area contributed by atoms with Crippen LogP contribution in [0.4, 0.5) is 0 Å². The summed E-state index contributed by atoms with van der Waals surface area (Å²) in [4.78, 5) is 11.2. The van der Waals surface area contributed by atoms with E-state index in [2.05, 4.69) is 6.07 Å². The standard InChI is InChI=1S/C16H15ClO/c1-11-4-3-5-15(10-11)16(17)14-8-6-13(7-9-14)12(2)18/h3-10,16H,1-2H3. The first-order chi connectivity index (χ1) is 8.58. The van der Waals surface area contributed by atoms with Crippen molar-refractivity contribution in [2.24, 2.45) is 0 Å². The molecule has 0 N–H and O–H groups in total. The van der Waals surface area contributed by atoms with Gasteiger partial charge in [0.2, 0.25) is 0 Å². The number of carbonyl (C=O) groups excluding carboxylic acids is 1. The number of alkyl halides is 1. The molecule has 0 bridgehead atoms. The quantitative estimate of drug-likeness (QED) is 0.584. The van der Waals surface area contributed by atoms with Gasteiger partial charge < -0.3 is 0 Å². The molecule has 0 saturated heterocycles. The van der Waals surface area contributed by atoms with Gasteiger partial charge in [-0.05, 0) is 25.0 Å². The average Bonchev–Trinajstić information content (AvgIpc) is 2.38. The van der Waals surface area contributed by atoms with Gasteiger partial charge in [0.15, 0.2) is 5.78 Å². The van der Waals surface area contributed by atoms with Crippen LogP contribution in [0, 0.1) is 6.92 Å². The Morgan fingerprint density at radius 1 is 1.06 bits per heavy atom. The second kappa shape index (κ2) is 5.36. The normalized spacial score (nSPS) is 12.2. The Hall–Kier alpha value is -1.60. The highest BCUT2D eigenvalue weighted by Crippen LogP contribution is 2.29. The first-order valence-corrected chi connectivity index (χ1v) is 6.33. The molecular weight excluding hydrogens is 244 g/mol. The maximum Gasteiger partial charge on any atom is 0.159 e. The Labute approximate surface area is 112 Å². The molecule has 1 unspecified atom stereocenters. The van der Waals surface area contributed by atoms with E-state index in [9.17, 15) is 4.79 Å². The van der Waals surface area contributed by atoms with Crippen molar-refractivity contribution in [1.82, 2.24) is 0 Å². The number of ketones is 1. The Bertz CT molecular complexity index is 558. The summed E-state index contributed by atoms with van der Waals surface area (Å²) in [5.74, 6) is 0.0724. The van der Waals surface area contributed by atoms with Crippen LogP contribution in [-0.4, -0.2) is 5.78 Å². The lowest BCUT2D eigenvalue weighted by atomic mass is 10.0. The molecule has 0 fully saturated rings. The lowest BCUT2D eigenvalue weighted by Gasteiger charge is -2.11. The fourth-order valence-corrected chi connectivity index (χ4v) is 2.19. The highest BCUT2D eigenvalue weighted by Gasteiger charge is 2.11. The molecule has 0 amide bonds. The van der Waals surface area contributed by atoms with Crippen LogP contribution in [0.25, 0.3) is 0 Å². The first kappa shape index (κ1) is 12.8. The van der Waals surface area contributed by atoms with E-state index >= 15 is 0 Å². The van der Waals surface area contributed by atoms with Crippen molar-refractivity contribution in [2.75, 3.05) is 0 Å². The van der Waals surface area contributed by atoms with Crippen LogP contribution < -0.4 is 0 Å². The Morgan fingerprint density at radius 2 is 1.72 bits per heavy atom. The zero-order valence-electron chi connectivity index (χ0n) is 10.5. The monoisotopic (exact) mass is 258 g/mol. The number of hydrogen-bond acceptors (Lipinski definition) is 1. The number of benzene rings is 2. The van der Waals surface area contributed by atoms with E-state index in [0.717, 1.165) is 11.1 Å². The lowest BCUT2D eigenvalue weighted by Crippen LogP contribution is -1.96. The molecule has 0 spiro atoms. The highest BCUT2D eigenvalue weighted by molar-refractivity contribution is 6.22. The number of halogens is 1. The summed E-state index contributed by atoms with van der Waals surface area (Å²) in [5, 5.41) is -0.175. The maximum atomic E-state index is 11.2. The van der Waals surface area contributed by atoms with Crippen LogP contribution in [0.15, 0.2) is 48.5 Å². The van der Waals surface area contributed by atoms with Crippen LogP contribution >= 0.6 is 11.6 Å². The molecule has 0 heterocycles. The van der Waals surface area contributed by atoms with E-state index < -0.39 is 0 Å². The van der Waals surface area contributed by atoms with Crippen LogP contribution in [-0.2, 0) is 0 Å². The van der Waals surface area contributed by atoms with Gasteiger partial charge in [0.05, 0.1) is 5.38 Å². The minimum absolute atomic E-state index is 0.0724. The molecule has 2 aromatic carbocycles. The third-order valence-corrected chi connectivity index (χ3v) is 3.45. The fraction of sp³-hybridized carbons (Fsp3) is 0.188. The zero-order valence-corrected chi connectivity index (χ0v) is 11.2. The summed E-state index contributed by atoms with van der Waals surface area (Å²) >= 11 is 6.45. The van der Waals surface area contributed by atoms with Crippen molar-refractivity contribution in [1.29, 1.82) is 0 Å². The number of rotatable bonds is 3. The van der Waals surface area contributed by atoms with E-state index in [1.54, 1.807) is 6.92 Å². The van der Waals surface area contributed by atoms with Gasteiger partial charge in [0, 0.05) is 5.56 Å². The molecule has 0 aromatic heterocycles.